The highest BCUT2D eigenvalue weighted by Crippen LogP contribution is 2.37. The van der Waals surface area contributed by atoms with Crippen LogP contribution in [0.1, 0.15) is 20.8 Å². The smallest absolute Gasteiger partial charge is 0.227 e. The lowest BCUT2D eigenvalue weighted by Crippen LogP contribution is -2.57. The van der Waals surface area contributed by atoms with Crippen LogP contribution in [0.5, 0.6) is 0 Å². The second-order valence-corrected chi connectivity index (χ2v) is 13.2. The fraction of sp³-hybridized carbons (Fsp3) is 0.500. The zero-order valence-corrected chi connectivity index (χ0v) is 22.3. The Morgan fingerprint density at radius 1 is 1.19 bits per heavy atom. The number of aliphatic hydroxyl groups excluding tert-OH is 1. The lowest BCUT2D eigenvalue weighted by molar-refractivity contribution is -0.0257. The van der Waals surface area contributed by atoms with Gasteiger partial charge in [0.1, 0.15) is 27.6 Å². The molecule has 0 saturated carbocycles. The van der Waals surface area contributed by atoms with Crippen molar-refractivity contribution in [2.75, 3.05) is 46.8 Å². The number of fused-ring (bicyclic) bond motifs is 1. The van der Waals surface area contributed by atoms with Gasteiger partial charge in [0.25, 0.3) is 0 Å². The van der Waals surface area contributed by atoms with Gasteiger partial charge in [0.2, 0.25) is 5.95 Å². The molecule has 0 unspecified atom stereocenters. The number of aliphatic hydroxyl groups is 1. The van der Waals surface area contributed by atoms with Crippen molar-refractivity contribution in [2.45, 2.75) is 39.1 Å². The minimum Gasteiger partial charge on any atom is -0.389 e. The highest BCUT2D eigenvalue weighted by Gasteiger charge is 2.42. The van der Waals surface area contributed by atoms with Crippen molar-refractivity contribution in [3.05, 3.63) is 42.7 Å². The monoisotopic (exact) mass is 528 g/mol. The molecular formula is C26H33FN6O3S. The molecule has 0 aliphatic carbocycles. The molecule has 198 valence electrons. The predicted molar refractivity (Wildman–Crippen MR) is 144 cm³/mol. The molecule has 2 aromatic heterocycles. The molecule has 0 radical (unpaired) electrons. The van der Waals surface area contributed by atoms with E-state index >= 15 is 0 Å². The van der Waals surface area contributed by atoms with Crippen LogP contribution in [-0.4, -0.2) is 78.4 Å². The van der Waals surface area contributed by atoms with Crippen LogP contribution < -0.4 is 15.1 Å². The number of sulfone groups is 1. The third-order valence-corrected chi connectivity index (χ3v) is 8.53. The molecule has 2 fully saturated rings. The Morgan fingerprint density at radius 2 is 1.97 bits per heavy atom. The van der Waals surface area contributed by atoms with Crippen molar-refractivity contribution in [3.63, 3.8) is 0 Å². The van der Waals surface area contributed by atoms with Crippen LogP contribution in [0.15, 0.2) is 42.7 Å². The molecule has 5 rings (SSSR count). The summed E-state index contributed by atoms with van der Waals surface area (Å²) < 4.78 is 37.9. The molecule has 0 spiro atoms. The fourth-order valence-electron chi connectivity index (χ4n) is 5.36. The Hall–Kier alpha value is -3.05. The lowest BCUT2D eigenvalue weighted by atomic mass is 9.80. The Bertz CT molecular complexity index is 1420. The average molecular weight is 529 g/mol. The lowest BCUT2D eigenvalue weighted by Gasteiger charge is -2.48. The van der Waals surface area contributed by atoms with Gasteiger partial charge in [-0.05, 0) is 30.5 Å². The summed E-state index contributed by atoms with van der Waals surface area (Å²) in [5, 5.41) is 15.4. The van der Waals surface area contributed by atoms with E-state index in [4.69, 9.17) is 0 Å². The second kappa shape index (κ2) is 9.36. The molecule has 1 aromatic carbocycles. The number of nitrogens with zero attached hydrogens (tertiary/aromatic N) is 5. The zero-order chi connectivity index (χ0) is 26.5. The summed E-state index contributed by atoms with van der Waals surface area (Å²) in [6.07, 6.45) is 2.31. The molecule has 0 bridgehead atoms. The van der Waals surface area contributed by atoms with Crippen LogP contribution in [0, 0.1) is 11.3 Å². The first-order chi connectivity index (χ1) is 17.4. The van der Waals surface area contributed by atoms with Gasteiger partial charge in [-0.15, -0.1) is 0 Å². The number of hydrogen-bond acceptors (Lipinski definition) is 9. The second-order valence-electron chi connectivity index (χ2n) is 11.0. The number of anilines is 4. The van der Waals surface area contributed by atoms with E-state index in [9.17, 15) is 17.9 Å². The number of benzene rings is 1. The van der Waals surface area contributed by atoms with Gasteiger partial charge in [0.15, 0.2) is 0 Å². The van der Waals surface area contributed by atoms with Gasteiger partial charge < -0.3 is 20.2 Å². The standard InChI is InChI=1S/C26H33FN6O3S/c1-16-18(14-37(4,35)36)12-33(16)21-7-5-6-17-10-23(29-11-19(17)21)30-22-8-9-28-25(31-22)32-13-20(27)24(34)26(2,3)15-32/h5-11,16,18,20,24,34H,12-15H2,1-4H3,(H,28,29,30,31)/t16-,18-,20-,24-/m1/s1. The number of pyridine rings is 1. The molecule has 9 nitrogen and oxygen atoms in total. The molecule has 4 atom stereocenters. The summed E-state index contributed by atoms with van der Waals surface area (Å²) in [6, 6.07) is 9.83. The zero-order valence-electron chi connectivity index (χ0n) is 21.5. The predicted octanol–water partition coefficient (Wildman–Crippen LogP) is 3.18. The minimum absolute atomic E-state index is 0.0328. The number of halogens is 1. The van der Waals surface area contributed by atoms with E-state index in [0.29, 0.717) is 30.7 Å². The molecule has 2 aliphatic heterocycles. The quantitative estimate of drug-likeness (QED) is 0.498. The molecule has 2 saturated heterocycles. The molecule has 2 N–H and O–H groups in total. The van der Waals surface area contributed by atoms with E-state index < -0.39 is 27.5 Å². The molecule has 4 heterocycles. The summed E-state index contributed by atoms with van der Waals surface area (Å²) in [6.45, 7) is 6.89. The summed E-state index contributed by atoms with van der Waals surface area (Å²) in [4.78, 5) is 17.5. The molecule has 37 heavy (non-hydrogen) atoms. The largest absolute Gasteiger partial charge is 0.389 e. The van der Waals surface area contributed by atoms with Crippen LogP contribution in [0.25, 0.3) is 10.8 Å². The Morgan fingerprint density at radius 3 is 2.68 bits per heavy atom. The van der Waals surface area contributed by atoms with Crippen molar-refractivity contribution in [1.82, 2.24) is 15.0 Å². The van der Waals surface area contributed by atoms with E-state index in [1.807, 2.05) is 44.3 Å². The number of aromatic nitrogens is 3. The number of nitrogens with one attached hydrogen (secondary N) is 1. The fourth-order valence-corrected chi connectivity index (χ4v) is 6.53. The van der Waals surface area contributed by atoms with Crippen molar-refractivity contribution < 1.29 is 17.9 Å². The molecule has 2 aliphatic rings. The van der Waals surface area contributed by atoms with Gasteiger partial charge in [-0.1, -0.05) is 26.0 Å². The molecular weight excluding hydrogens is 495 g/mol. The van der Waals surface area contributed by atoms with Crippen LogP contribution in [0.3, 0.4) is 0 Å². The number of rotatable bonds is 6. The number of alkyl halides is 1. The molecule has 0 amide bonds. The Balaban J connectivity index is 1.33. The maximum Gasteiger partial charge on any atom is 0.227 e. The van der Waals surface area contributed by atoms with Gasteiger partial charge in [-0.2, -0.15) is 4.98 Å². The minimum atomic E-state index is -3.01. The summed E-state index contributed by atoms with van der Waals surface area (Å²) in [5.74, 6) is 1.86. The van der Waals surface area contributed by atoms with Crippen molar-refractivity contribution in [2.24, 2.45) is 11.3 Å². The third kappa shape index (κ3) is 5.19. The van der Waals surface area contributed by atoms with E-state index in [-0.39, 0.29) is 24.3 Å². The first-order valence-corrected chi connectivity index (χ1v) is 14.5. The molecule has 3 aromatic rings. The summed E-state index contributed by atoms with van der Waals surface area (Å²) >= 11 is 0. The van der Waals surface area contributed by atoms with Crippen LogP contribution in [0.2, 0.25) is 0 Å². The Labute approximate surface area is 216 Å². The van der Waals surface area contributed by atoms with Crippen molar-refractivity contribution >= 4 is 43.9 Å². The molecule has 11 heteroatoms. The highest BCUT2D eigenvalue weighted by atomic mass is 32.2. The van der Waals surface area contributed by atoms with E-state index in [0.717, 1.165) is 16.5 Å². The normalized spacial score (nSPS) is 25.7. The van der Waals surface area contributed by atoms with Gasteiger partial charge in [0, 0.05) is 60.2 Å². The highest BCUT2D eigenvalue weighted by molar-refractivity contribution is 7.90. The van der Waals surface area contributed by atoms with E-state index in [1.54, 1.807) is 17.2 Å². The summed E-state index contributed by atoms with van der Waals surface area (Å²) in [7, 11) is -3.01. The van der Waals surface area contributed by atoms with Crippen LogP contribution in [-0.2, 0) is 9.84 Å². The number of piperidine rings is 1. The number of hydrogen-bond donors (Lipinski definition) is 2. The Kier molecular flexibility index (Phi) is 6.47. The van der Waals surface area contributed by atoms with Crippen molar-refractivity contribution in [3.8, 4) is 0 Å². The summed E-state index contributed by atoms with van der Waals surface area (Å²) in [5.41, 5.74) is 0.412. The van der Waals surface area contributed by atoms with Gasteiger partial charge in [-0.25, -0.2) is 22.8 Å². The SMILES string of the molecule is C[C@@H]1[C@@H](CS(C)(=O)=O)CN1c1cccc2cc(Nc3ccnc(N4C[C@@H](F)[C@@H](O)C(C)(C)C4)n3)ncc12. The van der Waals surface area contributed by atoms with E-state index in [2.05, 4.69) is 32.1 Å². The average Bonchev–Trinajstić information content (AvgIpc) is 2.83. The van der Waals surface area contributed by atoms with Crippen LogP contribution >= 0.6 is 0 Å². The maximum atomic E-state index is 14.4. The van der Waals surface area contributed by atoms with Gasteiger partial charge >= 0.3 is 0 Å². The van der Waals surface area contributed by atoms with Crippen LogP contribution in [0.4, 0.5) is 27.7 Å². The maximum absolute atomic E-state index is 14.4. The van der Waals surface area contributed by atoms with E-state index in [1.165, 1.54) is 6.26 Å². The van der Waals surface area contributed by atoms with Gasteiger partial charge in [0.05, 0.1) is 18.4 Å². The van der Waals surface area contributed by atoms with Crippen molar-refractivity contribution in [1.29, 1.82) is 0 Å². The van der Waals surface area contributed by atoms with Gasteiger partial charge in [-0.3, -0.25) is 0 Å². The third-order valence-electron chi connectivity index (χ3n) is 7.49. The first-order valence-electron chi connectivity index (χ1n) is 12.4. The topological polar surface area (TPSA) is 112 Å². The first kappa shape index (κ1) is 25.6.